The molecule has 238 valence electrons. The quantitative estimate of drug-likeness (QED) is 0.427. The number of amides is 3. The van der Waals surface area contributed by atoms with Gasteiger partial charge in [0.25, 0.3) is 5.91 Å². The van der Waals surface area contributed by atoms with E-state index in [0.29, 0.717) is 18.9 Å². The van der Waals surface area contributed by atoms with Crippen LogP contribution in [0.5, 0.6) is 5.75 Å². The SMILES string of the molecule is C[C@H](CO)N1C[C@H](C)[C@H](CN(C)C(=O)NC2CCCCC2)OCCCC[C@H](C)Oc2ccc(NS(C)(=O)=O)cc2C1=O. The maximum Gasteiger partial charge on any atom is 0.317 e. The monoisotopic (exact) mass is 610 g/mol. The standard InChI is InChI=1S/C30H50N4O7S/c1-21-18-34(22(2)20-35)29(36)26-17-25(32-42(5,38)39)14-15-27(26)41-23(3)11-9-10-16-40-28(21)19-33(4)30(37)31-24-12-7-6-8-13-24/h14-15,17,21-24,28,32,35H,6-13,16,18-20H2,1-5H3,(H,31,37)/t21-,22+,23-,28-/m0/s1. The first kappa shape index (κ1) is 33.9. The van der Waals surface area contributed by atoms with Crippen molar-refractivity contribution in [1.82, 2.24) is 15.1 Å². The first-order chi connectivity index (χ1) is 19.9. The highest BCUT2D eigenvalue weighted by atomic mass is 32.2. The van der Waals surface area contributed by atoms with Gasteiger partial charge in [0.05, 0.1) is 36.7 Å². The Hall–Kier alpha value is -2.57. The Morgan fingerprint density at radius 1 is 1.14 bits per heavy atom. The smallest absolute Gasteiger partial charge is 0.317 e. The van der Waals surface area contributed by atoms with Gasteiger partial charge in [-0.25, -0.2) is 13.2 Å². The molecule has 1 aliphatic heterocycles. The maximum absolute atomic E-state index is 14.1. The van der Waals surface area contributed by atoms with Crippen LogP contribution >= 0.6 is 0 Å². The third-order valence-electron chi connectivity index (χ3n) is 8.09. The zero-order chi connectivity index (χ0) is 30.9. The van der Waals surface area contributed by atoms with Gasteiger partial charge in [-0.1, -0.05) is 26.2 Å². The number of hydrogen-bond acceptors (Lipinski definition) is 7. The minimum Gasteiger partial charge on any atom is -0.490 e. The second-order valence-electron chi connectivity index (χ2n) is 12.0. The number of rotatable bonds is 7. The molecule has 1 aromatic carbocycles. The van der Waals surface area contributed by atoms with Crippen LogP contribution in [0.4, 0.5) is 10.5 Å². The molecule has 0 unspecified atom stereocenters. The number of fused-ring (bicyclic) bond motifs is 1. The molecule has 0 spiro atoms. The van der Waals surface area contributed by atoms with E-state index >= 15 is 0 Å². The largest absolute Gasteiger partial charge is 0.490 e. The van der Waals surface area contributed by atoms with Gasteiger partial charge in [0.2, 0.25) is 10.0 Å². The summed E-state index contributed by atoms with van der Waals surface area (Å²) >= 11 is 0. The van der Waals surface area contributed by atoms with Gasteiger partial charge in [0, 0.05) is 44.4 Å². The summed E-state index contributed by atoms with van der Waals surface area (Å²) in [5.41, 5.74) is 0.458. The highest BCUT2D eigenvalue weighted by molar-refractivity contribution is 7.92. The Balaban J connectivity index is 1.88. The summed E-state index contributed by atoms with van der Waals surface area (Å²) in [5, 5.41) is 13.2. The van der Waals surface area contributed by atoms with E-state index < -0.39 is 16.1 Å². The number of aliphatic hydroxyl groups excluding tert-OH is 1. The Morgan fingerprint density at radius 2 is 1.83 bits per heavy atom. The van der Waals surface area contributed by atoms with Gasteiger partial charge in [-0.3, -0.25) is 9.52 Å². The fourth-order valence-electron chi connectivity index (χ4n) is 5.55. The molecular formula is C30H50N4O7S. The molecule has 2 aliphatic rings. The van der Waals surface area contributed by atoms with Crippen LogP contribution < -0.4 is 14.8 Å². The molecule has 3 rings (SSSR count). The van der Waals surface area contributed by atoms with Crippen LogP contribution in [-0.4, -0.2) is 99.2 Å². The number of nitrogens with zero attached hydrogens (tertiary/aromatic N) is 2. The Bertz CT molecular complexity index is 1140. The topological polar surface area (TPSA) is 138 Å². The number of sulfonamides is 1. The van der Waals surface area contributed by atoms with Crippen LogP contribution in [0.1, 0.15) is 82.5 Å². The number of carbonyl (C=O) groups excluding carboxylic acids is 2. The fraction of sp³-hybridized carbons (Fsp3) is 0.733. The van der Waals surface area contributed by atoms with E-state index in [1.165, 1.54) is 12.5 Å². The molecule has 1 aromatic rings. The van der Waals surface area contributed by atoms with Gasteiger partial charge in [-0.2, -0.15) is 0 Å². The van der Waals surface area contributed by atoms with Crippen molar-refractivity contribution in [2.45, 2.75) is 96.4 Å². The van der Waals surface area contributed by atoms with E-state index in [1.807, 2.05) is 13.8 Å². The van der Waals surface area contributed by atoms with Crippen molar-refractivity contribution in [2.24, 2.45) is 5.92 Å². The molecule has 1 fully saturated rings. The second-order valence-corrected chi connectivity index (χ2v) is 13.8. The lowest BCUT2D eigenvalue weighted by Gasteiger charge is -2.36. The number of nitrogens with one attached hydrogen (secondary N) is 2. The summed E-state index contributed by atoms with van der Waals surface area (Å²) in [6.45, 7) is 6.53. The first-order valence-corrected chi connectivity index (χ1v) is 17.1. The molecule has 0 aromatic heterocycles. The minimum absolute atomic E-state index is 0.125. The van der Waals surface area contributed by atoms with E-state index in [-0.39, 0.29) is 60.5 Å². The number of anilines is 1. The zero-order valence-electron chi connectivity index (χ0n) is 25.8. The molecule has 3 N–H and O–H groups in total. The summed E-state index contributed by atoms with van der Waals surface area (Å²) in [6.07, 6.45) is 8.38. The second kappa shape index (κ2) is 15.8. The number of ether oxygens (including phenoxy) is 2. The molecular weight excluding hydrogens is 560 g/mol. The Labute approximate surface area is 251 Å². The van der Waals surface area contributed by atoms with Gasteiger partial charge in [0.1, 0.15) is 5.75 Å². The number of benzene rings is 1. The van der Waals surface area contributed by atoms with E-state index in [1.54, 1.807) is 35.9 Å². The van der Waals surface area contributed by atoms with Crippen molar-refractivity contribution in [1.29, 1.82) is 0 Å². The Morgan fingerprint density at radius 3 is 2.50 bits per heavy atom. The lowest BCUT2D eigenvalue weighted by atomic mass is 9.96. The van der Waals surface area contributed by atoms with Crippen molar-refractivity contribution in [2.75, 3.05) is 44.3 Å². The Kier molecular flexibility index (Phi) is 12.7. The lowest BCUT2D eigenvalue weighted by Crippen LogP contribution is -2.50. The maximum atomic E-state index is 14.1. The average molecular weight is 611 g/mol. The summed E-state index contributed by atoms with van der Waals surface area (Å²) in [5.74, 6) is -0.211. The van der Waals surface area contributed by atoms with E-state index in [0.717, 1.165) is 51.2 Å². The van der Waals surface area contributed by atoms with Crippen LogP contribution in [0.15, 0.2) is 18.2 Å². The summed E-state index contributed by atoms with van der Waals surface area (Å²) < 4.78 is 38.8. The summed E-state index contributed by atoms with van der Waals surface area (Å²) in [4.78, 5) is 30.3. The average Bonchev–Trinajstić information content (AvgIpc) is 2.94. The first-order valence-electron chi connectivity index (χ1n) is 15.2. The number of likely N-dealkylation sites (N-methyl/N-ethyl adjacent to an activating group) is 1. The van der Waals surface area contributed by atoms with E-state index in [2.05, 4.69) is 10.0 Å². The number of urea groups is 1. The van der Waals surface area contributed by atoms with Gasteiger partial charge in [0.15, 0.2) is 0 Å². The fourth-order valence-corrected chi connectivity index (χ4v) is 6.10. The highest BCUT2D eigenvalue weighted by Gasteiger charge is 2.31. The molecule has 0 bridgehead atoms. The molecule has 1 aliphatic carbocycles. The van der Waals surface area contributed by atoms with Gasteiger partial charge in [-0.15, -0.1) is 0 Å². The third kappa shape index (κ3) is 10.3. The summed E-state index contributed by atoms with van der Waals surface area (Å²) in [6, 6.07) is 4.21. The van der Waals surface area contributed by atoms with Crippen molar-refractivity contribution in [3.63, 3.8) is 0 Å². The van der Waals surface area contributed by atoms with Gasteiger partial charge >= 0.3 is 6.03 Å². The minimum atomic E-state index is -3.57. The normalized spacial score (nSPS) is 24.1. The van der Waals surface area contributed by atoms with Crippen LogP contribution in [0, 0.1) is 5.92 Å². The number of aliphatic hydroxyl groups is 1. The molecule has 42 heavy (non-hydrogen) atoms. The summed E-state index contributed by atoms with van der Waals surface area (Å²) in [7, 11) is -1.80. The number of hydrogen-bond donors (Lipinski definition) is 3. The van der Waals surface area contributed by atoms with Crippen molar-refractivity contribution in [3.8, 4) is 5.75 Å². The van der Waals surface area contributed by atoms with Gasteiger partial charge < -0.3 is 29.7 Å². The molecule has 12 heteroatoms. The molecule has 11 nitrogen and oxygen atoms in total. The molecule has 1 saturated carbocycles. The van der Waals surface area contributed by atoms with Crippen LogP contribution in [0.2, 0.25) is 0 Å². The van der Waals surface area contributed by atoms with E-state index in [9.17, 15) is 23.1 Å². The van der Waals surface area contributed by atoms with Crippen LogP contribution in [-0.2, 0) is 14.8 Å². The molecule has 4 atom stereocenters. The van der Waals surface area contributed by atoms with Crippen LogP contribution in [0.25, 0.3) is 0 Å². The van der Waals surface area contributed by atoms with Gasteiger partial charge in [-0.05, 0) is 64.2 Å². The predicted molar refractivity (Wildman–Crippen MR) is 163 cm³/mol. The van der Waals surface area contributed by atoms with Crippen molar-refractivity contribution >= 4 is 27.6 Å². The van der Waals surface area contributed by atoms with Crippen molar-refractivity contribution in [3.05, 3.63) is 23.8 Å². The van der Waals surface area contributed by atoms with Crippen molar-refractivity contribution < 1.29 is 32.6 Å². The number of carbonyl (C=O) groups is 2. The third-order valence-corrected chi connectivity index (χ3v) is 8.69. The predicted octanol–water partition coefficient (Wildman–Crippen LogP) is 3.83. The highest BCUT2D eigenvalue weighted by Crippen LogP contribution is 2.29. The van der Waals surface area contributed by atoms with Crippen LogP contribution in [0.3, 0.4) is 0 Å². The zero-order valence-corrected chi connectivity index (χ0v) is 26.6. The van der Waals surface area contributed by atoms with E-state index in [4.69, 9.17) is 9.47 Å². The molecule has 0 saturated heterocycles. The lowest BCUT2D eigenvalue weighted by molar-refractivity contribution is -0.0123. The molecule has 0 radical (unpaired) electrons. The molecule has 3 amide bonds. The molecule has 1 heterocycles.